The molecule has 1 heterocycles. The maximum Gasteiger partial charge on any atom is 0.174 e. The van der Waals surface area contributed by atoms with E-state index in [0.717, 1.165) is 36.1 Å². The summed E-state index contributed by atoms with van der Waals surface area (Å²) in [4.78, 5) is 1.49. The largest absolute Gasteiger partial charge is 0.505 e. The number of aryl methyl sites for hydroxylation is 2. The summed E-state index contributed by atoms with van der Waals surface area (Å²) < 4.78 is 0. The number of nitrogens with zero attached hydrogens (tertiary/aromatic N) is 3. The number of halogens is 1. The van der Waals surface area contributed by atoms with Crippen LogP contribution in [0.5, 0.6) is 5.75 Å². The third-order valence-electron chi connectivity index (χ3n) is 5.34. The molecule has 2 aromatic carbocycles. The molecule has 0 saturated carbocycles. The molecule has 1 N–H and O–H groups in total. The first-order valence-electron chi connectivity index (χ1n) is 10.5. The van der Waals surface area contributed by atoms with Gasteiger partial charge in [0.1, 0.15) is 17.1 Å². The van der Waals surface area contributed by atoms with Crippen LogP contribution in [0, 0.1) is 0 Å². The van der Waals surface area contributed by atoms with Gasteiger partial charge in [-0.25, -0.2) is 0 Å². The number of benzene rings is 2. The maximum absolute atomic E-state index is 11.0. The molecule has 0 saturated heterocycles. The molecule has 0 aliphatic heterocycles. The van der Waals surface area contributed by atoms with Crippen LogP contribution in [0.3, 0.4) is 0 Å². The van der Waals surface area contributed by atoms with E-state index < -0.39 is 0 Å². The molecule has 0 bridgehead atoms. The average molecular weight is 426 g/mol. The summed E-state index contributed by atoms with van der Waals surface area (Å²) in [5, 5.41) is 20.5. The molecule has 0 spiro atoms. The predicted molar refractivity (Wildman–Crippen MR) is 124 cm³/mol. The molecule has 5 heteroatoms. The maximum atomic E-state index is 11.0. The molecule has 3 rings (SSSR count). The van der Waals surface area contributed by atoms with E-state index in [1.54, 1.807) is 0 Å². The van der Waals surface area contributed by atoms with E-state index in [9.17, 15) is 5.11 Å². The number of phenolic OH excluding ortho intramolecular Hbond substituents is 1. The Morgan fingerprint density at radius 2 is 1.57 bits per heavy atom. The molecule has 0 amide bonds. The van der Waals surface area contributed by atoms with Crippen LogP contribution in [-0.2, 0) is 23.7 Å². The predicted octanol–water partition coefficient (Wildman–Crippen LogP) is 6.40. The molecule has 1 aromatic heterocycles. The van der Waals surface area contributed by atoms with Gasteiger partial charge in [-0.05, 0) is 47.3 Å². The lowest BCUT2D eigenvalue weighted by molar-refractivity contribution is 0.437. The lowest BCUT2D eigenvalue weighted by Gasteiger charge is -2.27. The Morgan fingerprint density at radius 3 is 2.17 bits per heavy atom. The van der Waals surface area contributed by atoms with Crippen molar-refractivity contribution in [3.8, 4) is 11.4 Å². The van der Waals surface area contributed by atoms with Crippen LogP contribution >= 0.6 is 11.6 Å². The second kappa shape index (κ2) is 8.43. The summed E-state index contributed by atoms with van der Waals surface area (Å²) in [5.74, 6) is 0.206. The highest BCUT2D eigenvalue weighted by Crippen LogP contribution is 2.39. The van der Waals surface area contributed by atoms with Gasteiger partial charge in [-0.3, -0.25) is 0 Å². The fourth-order valence-corrected chi connectivity index (χ4v) is 3.66. The third-order valence-corrected chi connectivity index (χ3v) is 5.63. The van der Waals surface area contributed by atoms with Crippen molar-refractivity contribution in [2.24, 2.45) is 0 Å². The third kappa shape index (κ3) is 5.04. The van der Waals surface area contributed by atoms with Crippen molar-refractivity contribution in [2.45, 2.75) is 71.6 Å². The Morgan fingerprint density at radius 1 is 0.900 bits per heavy atom. The van der Waals surface area contributed by atoms with Crippen molar-refractivity contribution in [1.29, 1.82) is 0 Å². The van der Waals surface area contributed by atoms with Gasteiger partial charge in [0.05, 0.1) is 0 Å². The van der Waals surface area contributed by atoms with E-state index in [2.05, 4.69) is 82.1 Å². The van der Waals surface area contributed by atoms with Gasteiger partial charge >= 0.3 is 0 Å². The first-order chi connectivity index (χ1) is 14.0. The second-order valence-electron chi connectivity index (χ2n) is 9.96. The Balaban J connectivity index is 1.93. The van der Waals surface area contributed by atoms with E-state index in [-0.39, 0.29) is 16.6 Å². The van der Waals surface area contributed by atoms with Crippen LogP contribution in [-0.4, -0.2) is 20.1 Å². The molecule has 160 valence electrons. The van der Waals surface area contributed by atoms with Gasteiger partial charge in [0, 0.05) is 5.56 Å². The normalized spacial score (nSPS) is 12.4. The summed E-state index contributed by atoms with van der Waals surface area (Å²) in [6, 6.07) is 14.4. The highest BCUT2D eigenvalue weighted by atomic mass is 35.5. The van der Waals surface area contributed by atoms with Crippen LogP contribution in [0.4, 0.5) is 0 Å². The molecule has 0 fully saturated rings. The Kier molecular flexibility index (Phi) is 6.28. The lowest BCUT2D eigenvalue weighted by Crippen LogP contribution is -2.18. The van der Waals surface area contributed by atoms with E-state index in [0.29, 0.717) is 10.8 Å². The Hall–Kier alpha value is -2.33. The first-order valence-corrected chi connectivity index (χ1v) is 10.9. The van der Waals surface area contributed by atoms with Gasteiger partial charge in [-0.15, -0.1) is 9.90 Å². The number of phenols is 1. The van der Waals surface area contributed by atoms with Gasteiger partial charge in [-0.1, -0.05) is 89.5 Å². The molecule has 4 nitrogen and oxygen atoms in total. The van der Waals surface area contributed by atoms with Crippen LogP contribution in [0.1, 0.15) is 70.3 Å². The molecular formula is C25H32ClN3O. The number of hydrogen-bond donors (Lipinski definition) is 1. The minimum absolute atomic E-state index is 0.0715. The molecular weight excluding hydrogens is 394 g/mol. The topological polar surface area (TPSA) is 50.9 Å². The van der Waals surface area contributed by atoms with Crippen LogP contribution in [0.2, 0.25) is 5.15 Å². The van der Waals surface area contributed by atoms with Gasteiger partial charge < -0.3 is 5.11 Å². The Labute approximate surface area is 184 Å². The van der Waals surface area contributed by atoms with Crippen LogP contribution in [0.25, 0.3) is 5.69 Å². The van der Waals surface area contributed by atoms with E-state index in [1.165, 1.54) is 10.4 Å². The highest BCUT2D eigenvalue weighted by molar-refractivity contribution is 6.30. The van der Waals surface area contributed by atoms with Crippen molar-refractivity contribution in [3.63, 3.8) is 0 Å². The number of rotatable bonds is 5. The van der Waals surface area contributed by atoms with Crippen LogP contribution < -0.4 is 0 Å². The molecule has 0 aliphatic carbocycles. The van der Waals surface area contributed by atoms with Crippen molar-refractivity contribution < 1.29 is 5.11 Å². The monoisotopic (exact) mass is 425 g/mol. The van der Waals surface area contributed by atoms with Crippen molar-refractivity contribution in [3.05, 3.63) is 70.0 Å². The summed E-state index contributed by atoms with van der Waals surface area (Å²) in [5.41, 5.74) is 4.34. The van der Waals surface area contributed by atoms with E-state index in [4.69, 9.17) is 11.6 Å². The van der Waals surface area contributed by atoms with Crippen LogP contribution in [0.15, 0.2) is 42.5 Å². The summed E-state index contributed by atoms with van der Waals surface area (Å²) >= 11 is 6.41. The van der Waals surface area contributed by atoms with E-state index >= 15 is 0 Å². The lowest BCUT2D eigenvalue weighted by atomic mass is 9.80. The van der Waals surface area contributed by atoms with Gasteiger partial charge in [0.15, 0.2) is 5.15 Å². The minimum Gasteiger partial charge on any atom is -0.505 e. The summed E-state index contributed by atoms with van der Waals surface area (Å²) in [6.45, 7) is 12.8. The zero-order chi connectivity index (χ0) is 22.1. The summed E-state index contributed by atoms with van der Waals surface area (Å²) in [7, 11) is 0. The van der Waals surface area contributed by atoms with Gasteiger partial charge in [-0.2, -0.15) is 5.10 Å². The highest BCUT2D eigenvalue weighted by Gasteiger charge is 2.26. The van der Waals surface area contributed by atoms with Crippen molar-refractivity contribution >= 4 is 11.6 Å². The molecule has 0 unspecified atom stereocenters. The molecule has 30 heavy (non-hydrogen) atoms. The van der Waals surface area contributed by atoms with Crippen molar-refractivity contribution in [2.75, 3.05) is 0 Å². The zero-order valence-corrected chi connectivity index (χ0v) is 19.6. The SMILES string of the molecule is CC(C)(C)c1cc(-n2nc(Cl)c(CCCc3ccccc3)n2)c(O)c(C(C)(C)C)c1. The number of aromatic hydroxyl groups is 1. The molecule has 0 radical (unpaired) electrons. The second-order valence-corrected chi connectivity index (χ2v) is 10.3. The van der Waals surface area contributed by atoms with Crippen molar-refractivity contribution in [1.82, 2.24) is 15.0 Å². The fourth-order valence-electron chi connectivity index (χ4n) is 3.46. The van der Waals surface area contributed by atoms with E-state index in [1.807, 2.05) is 12.1 Å². The zero-order valence-electron chi connectivity index (χ0n) is 18.8. The Bertz CT molecular complexity index is 1010. The standard InChI is InChI=1S/C25H32ClN3O/c1-24(2,3)18-15-19(25(4,5)6)22(30)21(16-18)29-27-20(23(26)28-29)14-10-13-17-11-8-7-9-12-17/h7-9,11-12,15-16,30H,10,13-14H2,1-6H3. The van der Waals surface area contributed by atoms with Gasteiger partial charge in [0.2, 0.25) is 0 Å². The number of aromatic nitrogens is 3. The minimum atomic E-state index is -0.213. The van der Waals surface area contributed by atoms with Gasteiger partial charge in [0.25, 0.3) is 0 Å². The molecule has 0 atom stereocenters. The first kappa shape index (κ1) is 22.4. The molecule has 3 aromatic rings. The number of hydrogen-bond acceptors (Lipinski definition) is 3. The fraction of sp³-hybridized carbons (Fsp3) is 0.440. The molecule has 0 aliphatic rings. The smallest absolute Gasteiger partial charge is 0.174 e. The average Bonchev–Trinajstić information content (AvgIpc) is 3.01. The summed E-state index contributed by atoms with van der Waals surface area (Å²) in [6.07, 6.45) is 2.63. The quantitative estimate of drug-likeness (QED) is 0.514.